The third kappa shape index (κ3) is 7.38. The topological polar surface area (TPSA) is 124 Å². The number of carboxylic acids is 1. The number of likely N-dealkylation sites (tertiary alicyclic amines) is 1. The molecule has 1 saturated heterocycles. The zero-order valence-electron chi connectivity index (χ0n) is 24.8. The lowest BCUT2D eigenvalue weighted by Crippen LogP contribution is -2.46. The Labute approximate surface area is 251 Å². The van der Waals surface area contributed by atoms with Gasteiger partial charge in [-0.15, -0.1) is 0 Å². The van der Waals surface area contributed by atoms with Crippen molar-refractivity contribution in [3.05, 3.63) is 53.5 Å². The second-order valence-electron chi connectivity index (χ2n) is 11.9. The Kier molecular flexibility index (Phi) is 9.69. The molecule has 1 atom stereocenters. The fourth-order valence-corrected chi connectivity index (χ4v) is 6.37. The number of carbonyl (C=O) groups is 3. The smallest absolute Gasteiger partial charge is 0.320 e. The predicted octanol–water partition coefficient (Wildman–Crippen LogP) is 4.22. The average Bonchev–Trinajstić information content (AvgIpc) is 3.34. The maximum Gasteiger partial charge on any atom is 0.320 e. The van der Waals surface area contributed by atoms with E-state index in [1.54, 1.807) is 6.20 Å². The molecule has 3 heterocycles. The summed E-state index contributed by atoms with van der Waals surface area (Å²) in [6.45, 7) is 5.43. The first-order chi connectivity index (χ1) is 20.7. The third-order valence-corrected chi connectivity index (χ3v) is 8.54. The first kappa shape index (κ1) is 30.6. The molecule has 1 unspecified atom stereocenters. The molecule has 1 aromatic carbocycles. The molecule has 2 amide bonds. The summed E-state index contributed by atoms with van der Waals surface area (Å²) in [6, 6.07) is 6.84. The van der Waals surface area contributed by atoms with Crippen LogP contribution in [0.1, 0.15) is 74.7 Å². The van der Waals surface area contributed by atoms with Crippen LogP contribution < -0.4 is 15.0 Å². The van der Waals surface area contributed by atoms with Crippen molar-refractivity contribution in [1.82, 2.24) is 15.2 Å². The standard InChI is InChI=1S/C32H40FN5O5/c1-20(2)35-30(39)22-8-12-25(13-9-22)38-27-18-29(43-16-15-37-14-4-3-5-26(37)32(41)42)34-19-23(27)17-28(38)36-31(40)21-6-10-24(33)11-7-21/h6-7,10-11,18-20,22,25-26H,3-5,8-9,12-17H2,1-2H3,(H,35,39)(H,41,42). The summed E-state index contributed by atoms with van der Waals surface area (Å²) in [4.78, 5) is 50.4. The summed E-state index contributed by atoms with van der Waals surface area (Å²) >= 11 is 0. The van der Waals surface area contributed by atoms with E-state index in [1.807, 2.05) is 24.8 Å². The molecule has 0 radical (unpaired) electrons. The number of benzene rings is 1. The van der Waals surface area contributed by atoms with Crippen molar-refractivity contribution in [2.24, 2.45) is 10.9 Å². The highest BCUT2D eigenvalue weighted by Gasteiger charge is 2.37. The summed E-state index contributed by atoms with van der Waals surface area (Å²) in [5.74, 6) is -0.632. The van der Waals surface area contributed by atoms with Gasteiger partial charge in [-0.3, -0.25) is 19.3 Å². The summed E-state index contributed by atoms with van der Waals surface area (Å²) < 4.78 is 19.5. The minimum atomic E-state index is -0.801. The molecule has 230 valence electrons. The van der Waals surface area contributed by atoms with Crippen molar-refractivity contribution in [1.29, 1.82) is 0 Å². The van der Waals surface area contributed by atoms with E-state index in [4.69, 9.17) is 4.74 Å². The van der Waals surface area contributed by atoms with Crippen molar-refractivity contribution < 1.29 is 28.6 Å². The molecule has 2 aromatic rings. The number of carboxylic acid groups (broad SMARTS) is 1. The van der Waals surface area contributed by atoms with Crippen LogP contribution in [-0.4, -0.2) is 76.4 Å². The Hall–Kier alpha value is -3.86. The Morgan fingerprint density at radius 3 is 2.56 bits per heavy atom. The van der Waals surface area contributed by atoms with E-state index >= 15 is 0 Å². The molecular weight excluding hydrogens is 553 g/mol. The highest BCUT2D eigenvalue weighted by atomic mass is 19.1. The summed E-state index contributed by atoms with van der Waals surface area (Å²) in [5, 5.41) is 12.6. The number of nitrogens with one attached hydrogen (secondary N) is 1. The minimum Gasteiger partial charge on any atom is -0.480 e. The quantitative estimate of drug-likeness (QED) is 0.443. The van der Waals surface area contributed by atoms with Crippen molar-refractivity contribution in [2.75, 3.05) is 24.6 Å². The molecule has 43 heavy (non-hydrogen) atoms. The summed E-state index contributed by atoms with van der Waals surface area (Å²) in [7, 11) is 0. The van der Waals surface area contributed by atoms with E-state index in [2.05, 4.69) is 20.2 Å². The van der Waals surface area contributed by atoms with Crippen molar-refractivity contribution >= 4 is 29.3 Å². The lowest BCUT2D eigenvalue weighted by Gasteiger charge is -2.36. The van der Waals surface area contributed by atoms with Crippen LogP contribution in [-0.2, 0) is 16.0 Å². The van der Waals surface area contributed by atoms with Crippen LogP contribution in [0.25, 0.3) is 0 Å². The van der Waals surface area contributed by atoms with Gasteiger partial charge >= 0.3 is 5.97 Å². The van der Waals surface area contributed by atoms with Crippen LogP contribution in [0.2, 0.25) is 0 Å². The van der Waals surface area contributed by atoms with Crippen LogP contribution >= 0.6 is 0 Å². The van der Waals surface area contributed by atoms with E-state index in [0.29, 0.717) is 43.3 Å². The van der Waals surface area contributed by atoms with Gasteiger partial charge < -0.3 is 20.1 Å². The first-order valence-electron chi connectivity index (χ1n) is 15.2. The maximum atomic E-state index is 13.5. The highest BCUT2D eigenvalue weighted by Crippen LogP contribution is 2.38. The number of pyridine rings is 1. The van der Waals surface area contributed by atoms with E-state index in [9.17, 15) is 23.9 Å². The molecule has 5 rings (SSSR count). The predicted molar refractivity (Wildman–Crippen MR) is 160 cm³/mol. The highest BCUT2D eigenvalue weighted by molar-refractivity contribution is 6.12. The number of amides is 2. The molecule has 2 aliphatic heterocycles. The number of hydrogen-bond donors (Lipinski definition) is 2. The Balaban J connectivity index is 1.33. The van der Waals surface area contributed by atoms with E-state index in [0.717, 1.165) is 56.3 Å². The molecule has 11 heteroatoms. The Morgan fingerprint density at radius 1 is 1.12 bits per heavy atom. The van der Waals surface area contributed by atoms with Crippen LogP contribution in [0.3, 0.4) is 0 Å². The van der Waals surface area contributed by atoms with Crippen LogP contribution in [0.5, 0.6) is 5.88 Å². The van der Waals surface area contributed by atoms with Gasteiger partial charge in [-0.1, -0.05) is 6.42 Å². The molecule has 2 fully saturated rings. The van der Waals surface area contributed by atoms with Crippen molar-refractivity contribution in [2.45, 2.75) is 83.3 Å². The van der Waals surface area contributed by atoms with Gasteiger partial charge in [0.05, 0.1) is 5.69 Å². The van der Waals surface area contributed by atoms with Gasteiger partial charge in [0.2, 0.25) is 11.8 Å². The van der Waals surface area contributed by atoms with Gasteiger partial charge in [0.1, 0.15) is 24.3 Å². The maximum absolute atomic E-state index is 13.5. The summed E-state index contributed by atoms with van der Waals surface area (Å²) in [5.41, 5.74) is 2.09. The van der Waals surface area contributed by atoms with Gasteiger partial charge in [-0.05, 0) is 83.2 Å². The Morgan fingerprint density at radius 2 is 1.86 bits per heavy atom. The van der Waals surface area contributed by atoms with Crippen LogP contribution in [0.4, 0.5) is 10.1 Å². The van der Waals surface area contributed by atoms with Gasteiger partial charge in [0.15, 0.2) is 0 Å². The third-order valence-electron chi connectivity index (χ3n) is 8.54. The van der Waals surface area contributed by atoms with Crippen molar-refractivity contribution in [3.8, 4) is 5.88 Å². The number of aliphatic carboxylic acids is 1. The molecular formula is C32H40FN5O5. The number of aliphatic imine (C=N–C) groups is 1. The van der Waals surface area contributed by atoms with Gasteiger partial charge in [-0.2, -0.15) is 4.99 Å². The Bertz CT molecular complexity index is 1360. The number of rotatable bonds is 9. The first-order valence-corrected chi connectivity index (χ1v) is 15.2. The lowest BCUT2D eigenvalue weighted by molar-refractivity contribution is -0.144. The number of amidine groups is 1. The minimum absolute atomic E-state index is 0.0315. The molecule has 2 N–H and O–H groups in total. The molecule has 0 bridgehead atoms. The molecule has 1 aromatic heterocycles. The number of nitrogens with zero attached hydrogens (tertiary/aromatic N) is 4. The number of anilines is 1. The lowest BCUT2D eigenvalue weighted by atomic mass is 9.84. The number of halogens is 1. The second kappa shape index (κ2) is 13.6. The number of aromatic nitrogens is 1. The molecule has 3 aliphatic rings. The number of carbonyl (C=O) groups excluding carboxylic acids is 2. The number of piperidine rings is 1. The number of fused-ring (bicyclic) bond motifs is 1. The zero-order chi connectivity index (χ0) is 30.5. The normalized spacial score (nSPS) is 23.3. The van der Waals surface area contributed by atoms with E-state index < -0.39 is 23.7 Å². The average molecular weight is 594 g/mol. The SMILES string of the molecule is CC(C)NC(=O)C1CCC(N2C(=NC(=O)c3ccc(F)cc3)Cc3cnc(OCCN4CCCCC4C(=O)O)cc32)CC1. The van der Waals surface area contributed by atoms with Gasteiger partial charge in [0, 0.05) is 54.4 Å². The molecule has 10 nitrogen and oxygen atoms in total. The van der Waals surface area contributed by atoms with E-state index in [1.165, 1.54) is 24.3 Å². The van der Waals surface area contributed by atoms with Gasteiger partial charge in [-0.25, -0.2) is 9.37 Å². The molecule has 1 aliphatic carbocycles. The van der Waals surface area contributed by atoms with Crippen molar-refractivity contribution in [3.63, 3.8) is 0 Å². The van der Waals surface area contributed by atoms with Crippen LogP contribution in [0, 0.1) is 11.7 Å². The molecule has 0 spiro atoms. The van der Waals surface area contributed by atoms with Crippen LogP contribution in [0.15, 0.2) is 41.5 Å². The number of hydrogen-bond acceptors (Lipinski definition) is 6. The van der Waals surface area contributed by atoms with E-state index in [-0.39, 0.29) is 23.9 Å². The fourth-order valence-electron chi connectivity index (χ4n) is 6.37. The molecule has 1 saturated carbocycles. The monoisotopic (exact) mass is 593 g/mol. The largest absolute Gasteiger partial charge is 0.480 e. The van der Waals surface area contributed by atoms with Gasteiger partial charge in [0.25, 0.3) is 5.91 Å². The number of ether oxygens (including phenoxy) is 1. The fraction of sp³-hybridized carbons (Fsp3) is 0.531. The summed E-state index contributed by atoms with van der Waals surface area (Å²) in [6.07, 6.45) is 7.63. The second-order valence-corrected chi connectivity index (χ2v) is 11.9. The zero-order valence-corrected chi connectivity index (χ0v) is 24.8.